The second-order valence-electron chi connectivity index (χ2n) is 4.05. The van der Waals surface area contributed by atoms with E-state index >= 15 is 0 Å². The topological polar surface area (TPSA) is 111 Å². The van der Waals surface area contributed by atoms with E-state index in [0.29, 0.717) is 11.4 Å². The third kappa shape index (κ3) is 2.91. The molecule has 7 nitrogen and oxygen atoms in total. The summed E-state index contributed by atoms with van der Waals surface area (Å²) >= 11 is 0. The predicted molar refractivity (Wildman–Crippen MR) is 68.7 cm³/mol. The molecule has 19 heavy (non-hydrogen) atoms. The van der Waals surface area contributed by atoms with Gasteiger partial charge in [0.15, 0.2) is 5.82 Å². The summed E-state index contributed by atoms with van der Waals surface area (Å²) in [6, 6.07) is 4.92. The molecule has 0 radical (unpaired) electrons. The van der Waals surface area contributed by atoms with Crippen LogP contribution < -0.4 is 10.5 Å². The minimum atomic E-state index is -3.71. The lowest BCUT2D eigenvalue weighted by Gasteiger charge is -2.10. The molecule has 1 aromatic carbocycles. The lowest BCUT2D eigenvalue weighted by molar-refractivity contribution is 0.372. The van der Waals surface area contributed by atoms with E-state index in [1.807, 2.05) is 0 Å². The van der Waals surface area contributed by atoms with Crippen LogP contribution in [0.3, 0.4) is 0 Å². The highest BCUT2D eigenvalue weighted by Gasteiger charge is 2.20. The van der Waals surface area contributed by atoms with Gasteiger partial charge in [-0.15, -0.1) is 0 Å². The number of nitrogens with two attached hydrogens (primary N) is 1. The zero-order valence-electron chi connectivity index (χ0n) is 10.5. The number of aromatic nitrogens is 2. The Labute approximate surface area is 110 Å². The Balaban J connectivity index is 2.23. The molecule has 0 aliphatic carbocycles. The molecule has 2 aromatic rings. The van der Waals surface area contributed by atoms with Crippen molar-refractivity contribution in [2.45, 2.75) is 25.3 Å². The maximum Gasteiger partial charge on any atom is 0.243 e. The molecule has 8 heteroatoms. The fourth-order valence-electron chi connectivity index (χ4n) is 1.68. The number of sulfonamides is 1. The van der Waals surface area contributed by atoms with Crippen LogP contribution in [0.15, 0.2) is 27.6 Å². The first-order valence-electron chi connectivity index (χ1n) is 5.54. The summed E-state index contributed by atoms with van der Waals surface area (Å²) in [7, 11) is -3.71. The van der Waals surface area contributed by atoms with Gasteiger partial charge in [0.25, 0.3) is 0 Å². The lowest BCUT2D eigenvalue weighted by atomic mass is 10.2. The van der Waals surface area contributed by atoms with Gasteiger partial charge < -0.3 is 10.3 Å². The van der Waals surface area contributed by atoms with Crippen LogP contribution in [0.4, 0.5) is 5.69 Å². The van der Waals surface area contributed by atoms with Crippen molar-refractivity contribution in [1.82, 2.24) is 14.9 Å². The molecule has 0 fully saturated rings. The SMILES string of the molecule is Cc1noc(CNS(=O)(=O)c2c(C)cccc2N)n1. The van der Waals surface area contributed by atoms with E-state index < -0.39 is 10.0 Å². The van der Waals surface area contributed by atoms with Gasteiger partial charge in [0.1, 0.15) is 4.90 Å². The number of aryl methyl sites for hydroxylation is 2. The maximum atomic E-state index is 12.2. The fraction of sp³-hybridized carbons (Fsp3) is 0.273. The largest absolute Gasteiger partial charge is 0.398 e. The van der Waals surface area contributed by atoms with Crippen LogP contribution in [0.5, 0.6) is 0 Å². The molecule has 0 atom stereocenters. The van der Waals surface area contributed by atoms with Gasteiger partial charge in [-0.2, -0.15) is 4.98 Å². The third-order valence-electron chi connectivity index (χ3n) is 2.49. The summed E-state index contributed by atoms with van der Waals surface area (Å²) in [5, 5.41) is 3.58. The van der Waals surface area contributed by atoms with Crippen molar-refractivity contribution in [2.24, 2.45) is 0 Å². The first-order valence-corrected chi connectivity index (χ1v) is 7.02. The van der Waals surface area contributed by atoms with Crippen molar-refractivity contribution in [1.29, 1.82) is 0 Å². The van der Waals surface area contributed by atoms with Gasteiger partial charge in [-0.3, -0.25) is 0 Å². The van der Waals surface area contributed by atoms with Crippen LogP contribution in [0.25, 0.3) is 0 Å². The Morgan fingerprint density at radius 1 is 1.37 bits per heavy atom. The molecule has 0 spiro atoms. The third-order valence-corrected chi connectivity index (χ3v) is 4.11. The number of nitrogens with one attached hydrogen (secondary N) is 1. The molecule has 2 rings (SSSR count). The highest BCUT2D eigenvalue weighted by molar-refractivity contribution is 7.89. The molecule has 3 N–H and O–H groups in total. The van der Waals surface area contributed by atoms with Gasteiger partial charge in [-0.1, -0.05) is 17.3 Å². The molecular formula is C11H14N4O3S. The van der Waals surface area contributed by atoms with Gasteiger partial charge in [0.2, 0.25) is 15.9 Å². The smallest absolute Gasteiger partial charge is 0.243 e. The Morgan fingerprint density at radius 3 is 2.68 bits per heavy atom. The van der Waals surface area contributed by atoms with Crippen LogP contribution in [0.1, 0.15) is 17.3 Å². The molecule has 1 heterocycles. The van der Waals surface area contributed by atoms with Gasteiger partial charge in [0.05, 0.1) is 12.2 Å². The molecular weight excluding hydrogens is 268 g/mol. The second-order valence-corrected chi connectivity index (χ2v) is 5.76. The van der Waals surface area contributed by atoms with Gasteiger partial charge >= 0.3 is 0 Å². The Bertz CT molecular complexity index is 673. The minimum Gasteiger partial charge on any atom is -0.398 e. The highest BCUT2D eigenvalue weighted by Crippen LogP contribution is 2.22. The van der Waals surface area contributed by atoms with Gasteiger partial charge in [-0.05, 0) is 25.5 Å². The molecule has 1 aromatic heterocycles. The van der Waals surface area contributed by atoms with Crippen LogP contribution in [0.2, 0.25) is 0 Å². The molecule has 0 unspecified atom stereocenters. The second kappa shape index (κ2) is 4.98. The average molecular weight is 282 g/mol. The van der Waals surface area contributed by atoms with E-state index in [9.17, 15) is 8.42 Å². The first kappa shape index (κ1) is 13.5. The van der Waals surface area contributed by atoms with E-state index in [2.05, 4.69) is 14.9 Å². The number of nitrogens with zero attached hydrogens (tertiary/aromatic N) is 2. The predicted octanol–water partition coefficient (Wildman–Crippen LogP) is 0.747. The van der Waals surface area contributed by atoms with Crippen molar-refractivity contribution in [3.05, 3.63) is 35.5 Å². The molecule has 0 aliphatic rings. The maximum absolute atomic E-state index is 12.2. The number of anilines is 1. The highest BCUT2D eigenvalue weighted by atomic mass is 32.2. The van der Waals surface area contributed by atoms with Gasteiger partial charge in [-0.25, -0.2) is 13.1 Å². The summed E-state index contributed by atoms with van der Waals surface area (Å²) in [6.07, 6.45) is 0. The number of benzene rings is 1. The summed E-state index contributed by atoms with van der Waals surface area (Å²) in [5.41, 5.74) is 6.49. The van der Waals surface area contributed by atoms with E-state index in [0.717, 1.165) is 0 Å². The number of rotatable bonds is 4. The van der Waals surface area contributed by atoms with E-state index in [1.165, 1.54) is 0 Å². The van der Waals surface area contributed by atoms with E-state index in [-0.39, 0.29) is 23.0 Å². The molecule has 0 amide bonds. The quantitative estimate of drug-likeness (QED) is 0.800. The monoisotopic (exact) mass is 282 g/mol. The number of hydrogen-bond acceptors (Lipinski definition) is 6. The Kier molecular flexibility index (Phi) is 3.54. The number of nitrogen functional groups attached to an aromatic ring is 1. The summed E-state index contributed by atoms with van der Waals surface area (Å²) in [4.78, 5) is 3.99. The normalized spacial score (nSPS) is 11.7. The van der Waals surface area contributed by atoms with Crippen LogP contribution in [-0.2, 0) is 16.6 Å². The van der Waals surface area contributed by atoms with Gasteiger partial charge in [0, 0.05) is 0 Å². The fourth-order valence-corrected chi connectivity index (χ4v) is 3.01. The molecule has 0 aliphatic heterocycles. The molecule has 102 valence electrons. The van der Waals surface area contributed by atoms with Crippen molar-refractivity contribution >= 4 is 15.7 Å². The van der Waals surface area contributed by atoms with Crippen molar-refractivity contribution < 1.29 is 12.9 Å². The molecule has 0 saturated heterocycles. The first-order chi connectivity index (χ1) is 8.90. The van der Waals surface area contributed by atoms with Crippen molar-refractivity contribution in [3.63, 3.8) is 0 Å². The standard InChI is InChI=1S/C11H14N4O3S/c1-7-4-3-5-9(12)11(7)19(16,17)13-6-10-14-8(2)15-18-10/h3-5,13H,6,12H2,1-2H3. The summed E-state index contributed by atoms with van der Waals surface area (Å²) < 4.78 is 31.6. The van der Waals surface area contributed by atoms with Crippen molar-refractivity contribution in [2.75, 3.05) is 5.73 Å². The lowest BCUT2D eigenvalue weighted by Crippen LogP contribution is -2.25. The zero-order chi connectivity index (χ0) is 14.0. The zero-order valence-corrected chi connectivity index (χ0v) is 11.4. The molecule has 0 saturated carbocycles. The Morgan fingerprint density at radius 2 is 2.11 bits per heavy atom. The molecule has 0 bridgehead atoms. The number of hydrogen-bond donors (Lipinski definition) is 2. The van der Waals surface area contributed by atoms with Crippen LogP contribution in [0, 0.1) is 13.8 Å². The van der Waals surface area contributed by atoms with E-state index in [4.69, 9.17) is 10.3 Å². The van der Waals surface area contributed by atoms with Crippen LogP contribution >= 0.6 is 0 Å². The van der Waals surface area contributed by atoms with Crippen LogP contribution in [-0.4, -0.2) is 18.6 Å². The summed E-state index contributed by atoms with van der Waals surface area (Å²) in [6.45, 7) is 3.26. The Hall–Kier alpha value is -1.93. The van der Waals surface area contributed by atoms with E-state index in [1.54, 1.807) is 32.0 Å². The summed E-state index contributed by atoms with van der Waals surface area (Å²) in [5.74, 6) is 0.651. The average Bonchev–Trinajstić information content (AvgIpc) is 2.72. The minimum absolute atomic E-state index is 0.0725. The van der Waals surface area contributed by atoms with Crippen molar-refractivity contribution in [3.8, 4) is 0 Å².